The van der Waals surface area contributed by atoms with E-state index >= 15 is 0 Å². The van der Waals surface area contributed by atoms with Crippen molar-refractivity contribution in [2.75, 3.05) is 20.2 Å². The van der Waals surface area contributed by atoms with Gasteiger partial charge in [-0.05, 0) is 25.5 Å². The molecule has 5 nitrogen and oxygen atoms in total. The zero-order valence-electron chi connectivity index (χ0n) is 12.0. The highest BCUT2D eigenvalue weighted by Crippen LogP contribution is 2.03. The molecule has 0 spiro atoms. The first-order valence-electron chi connectivity index (χ1n) is 6.75. The van der Waals surface area contributed by atoms with Crippen molar-refractivity contribution in [1.82, 2.24) is 10.6 Å². The summed E-state index contributed by atoms with van der Waals surface area (Å²) in [5, 5.41) is 5.85. The summed E-state index contributed by atoms with van der Waals surface area (Å²) in [6.07, 6.45) is 1.26. The van der Waals surface area contributed by atoms with E-state index < -0.39 is 0 Å². The van der Waals surface area contributed by atoms with E-state index in [0.29, 0.717) is 26.0 Å². The van der Waals surface area contributed by atoms with Crippen LogP contribution in [-0.2, 0) is 20.7 Å². The van der Waals surface area contributed by atoms with Gasteiger partial charge in [-0.15, -0.1) is 0 Å². The third-order valence-electron chi connectivity index (χ3n) is 2.87. The molecule has 0 aromatic heterocycles. The van der Waals surface area contributed by atoms with Crippen molar-refractivity contribution in [1.29, 1.82) is 0 Å². The first kappa shape index (κ1) is 16.2. The Kier molecular flexibility index (Phi) is 7.35. The SMILES string of the molecule is CNC(Cc1ccccc1)C(=O)NCCCOC(C)=O. The van der Waals surface area contributed by atoms with Gasteiger partial charge in [0.05, 0.1) is 12.6 Å². The Balaban J connectivity index is 2.30. The number of ether oxygens (including phenoxy) is 1. The average Bonchev–Trinajstić information content (AvgIpc) is 2.45. The summed E-state index contributed by atoms with van der Waals surface area (Å²) >= 11 is 0. The van der Waals surface area contributed by atoms with Crippen LogP contribution in [0.15, 0.2) is 30.3 Å². The molecule has 0 saturated heterocycles. The molecule has 0 fully saturated rings. The van der Waals surface area contributed by atoms with Crippen LogP contribution >= 0.6 is 0 Å². The van der Waals surface area contributed by atoms with Gasteiger partial charge in [-0.3, -0.25) is 9.59 Å². The van der Waals surface area contributed by atoms with Gasteiger partial charge in [0.1, 0.15) is 0 Å². The van der Waals surface area contributed by atoms with Crippen molar-refractivity contribution in [2.24, 2.45) is 0 Å². The molecule has 1 aromatic carbocycles. The first-order valence-corrected chi connectivity index (χ1v) is 6.75. The van der Waals surface area contributed by atoms with Crippen LogP contribution < -0.4 is 10.6 Å². The van der Waals surface area contributed by atoms with Gasteiger partial charge < -0.3 is 15.4 Å². The van der Waals surface area contributed by atoms with Crippen LogP contribution in [0.3, 0.4) is 0 Å². The molecule has 0 bridgehead atoms. The topological polar surface area (TPSA) is 67.4 Å². The quantitative estimate of drug-likeness (QED) is 0.547. The lowest BCUT2D eigenvalue weighted by Crippen LogP contribution is -2.44. The zero-order chi connectivity index (χ0) is 14.8. The third kappa shape index (κ3) is 6.33. The van der Waals surface area contributed by atoms with E-state index in [9.17, 15) is 9.59 Å². The zero-order valence-corrected chi connectivity index (χ0v) is 12.0. The van der Waals surface area contributed by atoms with Crippen molar-refractivity contribution in [3.05, 3.63) is 35.9 Å². The molecule has 1 atom stereocenters. The molecule has 1 rings (SSSR count). The molecule has 0 heterocycles. The summed E-state index contributed by atoms with van der Waals surface area (Å²) in [5.41, 5.74) is 1.11. The number of amides is 1. The maximum absolute atomic E-state index is 12.0. The number of carbonyl (C=O) groups is 2. The molecule has 1 unspecified atom stereocenters. The molecule has 0 saturated carbocycles. The molecule has 1 aromatic rings. The van der Waals surface area contributed by atoms with Crippen LogP contribution in [-0.4, -0.2) is 38.1 Å². The summed E-state index contributed by atoms with van der Waals surface area (Å²) in [7, 11) is 1.77. The van der Waals surface area contributed by atoms with E-state index in [0.717, 1.165) is 5.56 Å². The Morgan fingerprint density at radius 2 is 1.95 bits per heavy atom. The normalized spacial score (nSPS) is 11.7. The Morgan fingerprint density at radius 3 is 2.55 bits per heavy atom. The maximum atomic E-state index is 12.0. The number of likely N-dealkylation sites (N-methyl/N-ethyl adjacent to an activating group) is 1. The minimum absolute atomic E-state index is 0.0424. The molecule has 0 aliphatic rings. The Bertz CT molecular complexity index is 420. The van der Waals surface area contributed by atoms with E-state index in [1.54, 1.807) is 7.05 Å². The fraction of sp³-hybridized carbons (Fsp3) is 0.467. The van der Waals surface area contributed by atoms with Crippen LogP contribution in [0.4, 0.5) is 0 Å². The molecular weight excluding hydrogens is 256 g/mol. The highest BCUT2D eigenvalue weighted by atomic mass is 16.5. The molecule has 2 N–H and O–H groups in total. The minimum Gasteiger partial charge on any atom is -0.466 e. The van der Waals surface area contributed by atoms with Crippen molar-refractivity contribution in [2.45, 2.75) is 25.8 Å². The van der Waals surface area contributed by atoms with Gasteiger partial charge in [0.15, 0.2) is 0 Å². The van der Waals surface area contributed by atoms with Gasteiger partial charge in [-0.25, -0.2) is 0 Å². The van der Waals surface area contributed by atoms with Crippen molar-refractivity contribution < 1.29 is 14.3 Å². The van der Waals surface area contributed by atoms with E-state index in [4.69, 9.17) is 4.74 Å². The summed E-state index contributed by atoms with van der Waals surface area (Å²) in [6.45, 7) is 2.20. The van der Waals surface area contributed by atoms with Crippen LogP contribution in [0.5, 0.6) is 0 Å². The lowest BCUT2D eigenvalue weighted by Gasteiger charge is -2.16. The van der Waals surface area contributed by atoms with E-state index in [-0.39, 0.29) is 17.9 Å². The van der Waals surface area contributed by atoms with Crippen LogP contribution in [0.25, 0.3) is 0 Å². The number of hydrogen-bond donors (Lipinski definition) is 2. The van der Waals surface area contributed by atoms with Gasteiger partial charge >= 0.3 is 5.97 Å². The minimum atomic E-state index is -0.298. The highest BCUT2D eigenvalue weighted by molar-refractivity contribution is 5.82. The second-order valence-electron chi connectivity index (χ2n) is 4.52. The number of rotatable bonds is 8. The second kappa shape index (κ2) is 9.09. The number of nitrogens with one attached hydrogen (secondary N) is 2. The molecule has 0 aliphatic carbocycles. The molecule has 110 valence electrons. The summed E-state index contributed by atoms with van der Waals surface area (Å²) < 4.78 is 4.80. The third-order valence-corrected chi connectivity index (χ3v) is 2.87. The van der Waals surface area contributed by atoms with Crippen molar-refractivity contribution in [3.8, 4) is 0 Å². The van der Waals surface area contributed by atoms with Crippen LogP contribution in [0.2, 0.25) is 0 Å². The number of carbonyl (C=O) groups excluding carboxylic acids is 2. The summed E-state index contributed by atoms with van der Waals surface area (Å²) in [4.78, 5) is 22.6. The highest BCUT2D eigenvalue weighted by Gasteiger charge is 2.15. The summed E-state index contributed by atoms with van der Waals surface area (Å²) in [6, 6.07) is 9.60. The Hall–Kier alpha value is -1.88. The molecule has 0 radical (unpaired) electrons. The predicted octanol–water partition coefficient (Wildman–Crippen LogP) is 0.886. The Labute approximate surface area is 119 Å². The van der Waals surface area contributed by atoms with E-state index in [1.165, 1.54) is 6.92 Å². The van der Waals surface area contributed by atoms with Gasteiger partial charge in [0, 0.05) is 13.5 Å². The number of benzene rings is 1. The number of esters is 1. The van der Waals surface area contributed by atoms with E-state index in [1.807, 2.05) is 30.3 Å². The molecule has 5 heteroatoms. The standard InChI is InChI=1S/C15H22N2O3/c1-12(18)20-10-6-9-17-15(19)14(16-2)11-13-7-4-3-5-8-13/h3-5,7-8,14,16H,6,9-11H2,1-2H3,(H,17,19). The average molecular weight is 278 g/mol. The lowest BCUT2D eigenvalue weighted by molar-refractivity contribution is -0.140. The lowest BCUT2D eigenvalue weighted by atomic mass is 10.1. The number of hydrogen-bond acceptors (Lipinski definition) is 4. The van der Waals surface area contributed by atoms with Crippen LogP contribution in [0.1, 0.15) is 18.9 Å². The largest absolute Gasteiger partial charge is 0.466 e. The second-order valence-corrected chi connectivity index (χ2v) is 4.52. The van der Waals surface area contributed by atoms with Gasteiger partial charge in [-0.2, -0.15) is 0 Å². The monoisotopic (exact) mass is 278 g/mol. The molecular formula is C15H22N2O3. The van der Waals surface area contributed by atoms with E-state index in [2.05, 4.69) is 10.6 Å². The Morgan fingerprint density at radius 1 is 1.25 bits per heavy atom. The van der Waals surface area contributed by atoms with Gasteiger partial charge in [0.2, 0.25) is 5.91 Å². The smallest absolute Gasteiger partial charge is 0.302 e. The van der Waals surface area contributed by atoms with Gasteiger partial charge in [-0.1, -0.05) is 30.3 Å². The predicted molar refractivity (Wildman–Crippen MR) is 77.3 cm³/mol. The van der Waals surface area contributed by atoms with Crippen LogP contribution in [0, 0.1) is 0 Å². The van der Waals surface area contributed by atoms with Gasteiger partial charge in [0.25, 0.3) is 0 Å². The van der Waals surface area contributed by atoms with Crippen molar-refractivity contribution >= 4 is 11.9 Å². The maximum Gasteiger partial charge on any atom is 0.302 e. The first-order chi connectivity index (χ1) is 9.63. The fourth-order valence-electron chi connectivity index (χ4n) is 1.80. The van der Waals surface area contributed by atoms with Crippen molar-refractivity contribution in [3.63, 3.8) is 0 Å². The summed E-state index contributed by atoms with van der Waals surface area (Å²) in [5.74, 6) is -0.340. The molecule has 1 amide bonds. The molecule has 0 aliphatic heterocycles. The fourth-order valence-corrected chi connectivity index (χ4v) is 1.80. The molecule has 20 heavy (non-hydrogen) atoms.